The van der Waals surface area contributed by atoms with Crippen LogP contribution in [0.4, 0.5) is 0 Å². The molecule has 0 spiro atoms. The summed E-state index contributed by atoms with van der Waals surface area (Å²) in [6.45, 7) is 4.42. The zero-order valence-electron chi connectivity index (χ0n) is 7.69. The van der Waals surface area contributed by atoms with Crippen LogP contribution >= 0.6 is 0 Å². The van der Waals surface area contributed by atoms with Gasteiger partial charge < -0.3 is 9.47 Å². The zero-order chi connectivity index (χ0) is 9.15. The lowest BCUT2D eigenvalue weighted by Crippen LogP contribution is -2.44. The molecule has 0 aliphatic carbocycles. The molecule has 1 aliphatic rings. The average molecular weight is 179 g/mol. The number of aromatic nitrogens is 1. The molecule has 1 saturated heterocycles. The van der Waals surface area contributed by atoms with Crippen LogP contribution in [0.15, 0.2) is 24.4 Å². The summed E-state index contributed by atoms with van der Waals surface area (Å²) >= 11 is 0. The van der Waals surface area contributed by atoms with Gasteiger partial charge >= 0.3 is 0 Å². The fourth-order valence-corrected chi connectivity index (χ4v) is 1.21. The molecule has 3 heteroatoms. The lowest BCUT2D eigenvalue weighted by Gasteiger charge is -2.37. The van der Waals surface area contributed by atoms with Gasteiger partial charge in [-0.1, -0.05) is 13.0 Å². The Bertz CT molecular complexity index is 270. The highest BCUT2D eigenvalue weighted by atomic mass is 16.5. The van der Waals surface area contributed by atoms with E-state index in [0.717, 1.165) is 13.2 Å². The minimum Gasteiger partial charge on any atom is -0.477 e. The molecule has 0 bridgehead atoms. The first-order valence-corrected chi connectivity index (χ1v) is 4.40. The number of nitrogens with zero attached hydrogens (tertiary/aromatic N) is 1. The van der Waals surface area contributed by atoms with Gasteiger partial charge in [-0.2, -0.15) is 0 Å². The molecule has 1 aliphatic heterocycles. The normalized spacial score (nSPS) is 19.2. The third-order valence-electron chi connectivity index (χ3n) is 2.11. The number of ether oxygens (including phenoxy) is 2. The van der Waals surface area contributed by atoms with Crippen LogP contribution in [0.5, 0.6) is 5.88 Å². The van der Waals surface area contributed by atoms with E-state index in [1.807, 2.05) is 18.2 Å². The van der Waals surface area contributed by atoms with Crippen LogP contribution in [0.1, 0.15) is 6.92 Å². The molecule has 0 N–H and O–H groups in total. The van der Waals surface area contributed by atoms with Gasteiger partial charge in [-0.3, -0.25) is 0 Å². The van der Waals surface area contributed by atoms with Gasteiger partial charge in [0.1, 0.15) is 0 Å². The molecule has 1 aromatic heterocycles. The molecule has 1 fully saturated rings. The molecule has 0 amide bonds. The Balaban J connectivity index is 1.86. The molecular weight excluding hydrogens is 166 g/mol. The summed E-state index contributed by atoms with van der Waals surface area (Å²) in [5.74, 6) is 0.690. The monoisotopic (exact) mass is 179 g/mol. The van der Waals surface area contributed by atoms with Crippen molar-refractivity contribution in [2.75, 3.05) is 19.8 Å². The number of hydrogen-bond acceptors (Lipinski definition) is 3. The van der Waals surface area contributed by atoms with Gasteiger partial charge in [0.2, 0.25) is 5.88 Å². The van der Waals surface area contributed by atoms with E-state index in [0.29, 0.717) is 12.5 Å². The second-order valence-corrected chi connectivity index (χ2v) is 3.76. The van der Waals surface area contributed by atoms with E-state index < -0.39 is 0 Å². The fraction of sp³-hybridized carbons (Fsp3) is 0.500. The van der Waals surface area contributed by atoms with Crippen LogP contribution in [0, 0.1) is 5.41 Å². The maximum absolute atomic E-state index is 5.52. The van der Waals surface area contributed by atoms with Crippen molar-refractivity contribution in [3.63, 3.8) is 0 Å². The van der Waals surface area contributed by atoms with Gasteiger partial charge in [-0.25, -0.2) is 4.98 Å². The van der Waals surface area contributed by atoms with Crippen molar-refractivity contribution < 1.29 is 9.47 Å². The maximum atomic E-state index is 5.52. The molecule has 0 atom stereocenters. The first-order chi connectivity index (χ1) is 6.29. The third kappa shape index (κ3) is 1.98. The van der Waals surface area contributed by atoms with Gasteiger partial charge in [0.05, 0.1) is 19.8 Å². The Labute approximate surface area is 77.7 Å². The highest BCUT2D eigenvalue weighted by Crippen LogP contribution is 2.26. The van der Waals surface area contributed by atoms with E-state index >= 15 is 0 Å². The highest BCUT2D eigenvalue weighted by molar-refractivity contribution is 5.09. The molecule has 2 heterocycles. The second kappa shape index (κ2) is 3.34. The van der Waals surface area contributed by atoms with Crippen molar-refractivity contribution in [3.05, 3.63) is 24.4 Å². The van der Waals surface area contributed by atoms with Crippen molar-refractivity contribution >= 4 is 0 Å². The standard InChI is InChI=1S/C10H13NO2/c1-10(6-12-7-10)8-13-9-4-2-3-5-11-9/h2-5H,6-8H2,1H3. The summed E-state index contributed by atoms with van der Waals surface area (Å²) < 4.78 is 10.6. The Morgan fingerprint density at radius 3 is 2.92 bits per heavy atom. The van der Waals surface area contributed by atoms with Gasteiger partial charge in [-0.15, -0.1) is 0 Å². The van der Waals surface area contributed by atoms with Gasteiger partial charge in [0, 0.05) is 17.7 Å². The first-order valence-electron chi connectivity index (χ1n) is 4.40. The molecule has 2 rings (SSSR count). The van der Waals surface area contributed by atoms with Crippen LogP contribution in [-0.4, -0.2) is 24.8 Å². The minimum atomic E-state index is 0.192. The van der Waals surface area contributed by atoms with Crippen molar-refractivity contribution in [3.8, 4) is 5.88 Å². The minimum absolute atomic E-state index is 0.192. The molecule has 0 unspecified atom stereocenters. The molecule has 1 aromatic rings. The molecule has 3 nitrogen and oxygen atoms in total. The molecule has 0 radical (unpaired) electrons. The van der Waals surface area contributed by atoms with E-state index in [2.05, 4.69) is 11.9 Å². The summed E-state index contributed by atoms with van der Waals surface area (Å²) in [5, 5.41) is 0. The van der Waals surface area contributed by atoms with Crippen molar-refractivity contribution in [2.45, 2.75) is 6.92 Å². The highest BCUT2D eigenvalue weighted by Gasteiger charge is 2.34. The number of rotatable bonds is 3. The van der Waals surface area contributed by atoms with E-state index in [1.165, 1.54) is 0 Å². The smallest absolute Gasteiger partial charge is 0.213 e. The predicted molar refractivity (Wildman–Crippen MR) is 48.7 cm³/mol. The van der Waals surface area contributed by atoms with Crippen LogP contribution < -0.4 is 4.74 Å². The topological polar surface area (TPSA) is 31.4 Å². The van der Waals surface area contributed by atoms with Crippen LogP contribution in [0.25, 0.3) is 0 Å². The van der Waals surface area contributed by atoms with Gasteiger partial charge in [0.25, 0.3) is 0 Å². The lowest BCUT2D eigenvalue weighted by atomic mass is 9.90. The van der Waals surface area contributed by atoms with Crippen LogP contribution in [-0.2, 0) is 4.74 Å². The SMILES string of the molecule is CC1(COc2ccccn2)COC1. The zero-order valence-corrected chi connectivity index (χ0v) is 7.69. The molecule has 0 aromatic carbocycles. The number of pyridine rings is 1. The third-order valence-corrected chi connectivity index (χ3v) is 2.11. The summed E-state index contributed by atoms with van der Waals surface area (Å²) in [6.07, 6.45) is 1.73. The van der Waals surface area contributed by atoms with E-state index in [1.54, 1.807) is 6.20 Å². The fourth-order valence-electron chi connectivity index (χ4n) is 1.21. The Kier molecular flexibility index (Phi) is 2.19. The summed E-state index contributed by atoms with van der Waals surface area (Å²) in [4.78, 5) is 4.08. The summed E-state index contributed by atoms with van der Waals surface area (Å²) in [6, 6.07) is 5.66. The Morgan fingerprint density at radius 2 is 2.38 bits per heavy atom. The average Bonchev–Trinajstić information content (AvgIpc) is 2.13. The molecule has 13 heavy (non-hydrogen) atoms. The van der Waals surface area contributed by atoms with E-state index in [-0.39, 0.29) is 5.41 Å². The van der Waals surface area contributed by atoms with E-state index in [9.17, 15) is 0 Å². The van der Waals surface area contributed by atoms with Crippen molar-refractivity contribution in [1.82, 2.24) is 4.98 Å². The van der Waals surface area contributed by atoms with Gasteiger partial charge in [-0.05, 0) is 6.07 Å². The second-order valence-electron chi connectivity index (χ2n) is 3.76. The quantitative estimate of drug-likeness (QED) is 0.704. The van der Waals surface area contributed by atoms with Gasteiger partial charge in [0.15, 0.2) is 0 Å². The first kappa shape index (κ1) is 8.51. The Hall–Kier alpha value is -1.09. The number of hydrogen-bond donors (Lipinski definition) is 0. The summed E-state index contributed by atoms with van der Waals surface area (Å²) in [7, 11) is 0. The summed E-state index contributed by atoms with van der Waals surface area (Å²) in [5.41, 5.74) is 0.192. The lowest BCUT2D eigenvalue weighted by molar-refractivity contribution is -0.120. The maximum Gasteiger partial charge on any atom is 0.213 e. The molecule has 70 valence electrons. The predicted octanol–water partition coefficient (Wildman–Crippen LogP) is 1.50. The largest absolute Gasteiger partial charge is 0.477 e. The Morgan fingerprint density at radius 1 is 1.54 bits per heavy atom. The van der Waals surface area contributed by atoms with E-state index in [4.69, 9.17) is 9.47 Å². The molecule has 0 saturated carbocycles. The molecular formula is C10H13NO2. The van der Waals surface area contributed by atoms with Crippen LogP contribution in [0.3, 0.4) is 0 Å². The van der Waals surface area contributed by atoms with Crippen molar-refractivity contribution in [2.24, 2.45) is 5.41 Å². The van der Waals surface area contributed by atoms with Crippen LogP contribution in [0.2, 0.25) is 0 Å². The van der Waals surface area contributed by atoms with Crippen molar-refractivity contribution in [1.29, 1.82) is 0 Å².